The summed E-state index contributed by atoms with van der Waals surface area (Å²) in [7, 11) is 0. The topological polar surface area (TPSA) is 17.1 Å². The number of carbonyl (C=O) groups excluding carboxylic acids is 1. The Balaban J connectivity index is 3.80. The molecule has 0 aromatic rings. The first-order valence-electron chi connectivity index (χ1n) is 5.83. The quantitative estimate of drug-likeness (QED) is 0.685. The molecule has 2 heteroatoms. The minimum atomic E-state index is 0.133. The zero-order valence-electron chi connectivity index (χ0n) is 11.1. The van der Waals surface area contributed by atoms with Crippen molar-refractivity contribution in [2.45, 2.75) is 48.0 Å². The van der Waals surface area contributed by atoms with Crippen LogP contribution in [-0.2, 0) is 4.79 Å². The van der Waals surface area contributed by atoms with Gasteiger partial charge in [-0.2, -0.15) is 11.8 Å². The van der Waals surface area contributed by atoms with E-state index >= 15 is 0 Å². The van der Waals surface area contributed by atoms with Gasteiger partial charge in [0, 0.05) is 18.1 Å². The van der Waals surface area contributed by atoms with Crippen LogP contribution in [0.25, 0.3) is 0 Å². The van der Waals surface area contributed by atoms with E-state index < -0.39 is 0 Å². The second kappa shape index (κ2) is 6.57. The largest absolute Gasteiger partial charge is 0.299 e. The summed E-state index contributed by atoms with van der Waals surface area (Å²) in [5.41, 5.74) is 0.133. The van der Waals surface area contributed by atoms with Crippen molar-refractivity contribution in [3.8, 4) is 0 Å². The van der Waals surface area contributed by atoms with Gasteiger partial charge < -0.3 is 0 Å². The Bertz CT molecular complexity index is 191. The summed E-state index contributed by atoms with van der Waals surface area (Å²) >= 11 is 1.90. The summed E-state index contributed by atoms with van der Waals surface area (Å²) < 4.78 is 0. The second-order valence-corrected chi connectivity index (χ2v) is 7.11. The van der Waals surface area contributed by atoms with Crippen molar-refractivity contribution in [1.82, 2.24) is 0 Å². The van der Waals surface area contributed by atoms with E-state index in [1.165, 1.54) is 0 Å². The zero-order valence-corrected chi connectivity index (χ0v) is 11.9. The number of carbonyl (C=O) groups is 1. The third-order valence-corrected chi connectivity index (χ3v) is 3.71. The van der Waals surface area contributed by atoms with Crippen LogP contribution in [0, 0.1) is 17.3 Å². The SMILES string of the molecule is CC(C)CSCC(C)C(=O)CC(C)(C)C. The lowest BCUT2D eigenvalue weighted by Gasteiger charge is -2.19. The maximum Gasteiger partial charge on any atom is 0.137 e. The first-order chi connectivity index (χ1) is 6.72. The van der Waals surface area contributed by atoms with Gasteiger partial charge in [0.2, 0.25) is 0 Å². The van der Waals surface area contributed by atoms with Crippen LogP contribution >= 0.6 is 11.8 Å². The average molecular weight is 230 g/mol. The van der Waals surface area contributed by atoms with E-state index in [2.05, 4.69) is 41.5 Å². The first-order valence-corrected chi connectivity index (χ1v) is 6.98. The Morgan fingerprint density at radius 2 is 1.67 bits per heavy atom. The Labute approximate surface area is 99.4 Å². The summed E-state index contributed by atoms with van der Waals surface area (Å²) in [6.07, 6.45) is 0.705. The highest BCUT2D eigenvalue weighted by atomic mass is 32.2. The fourth-order valence-corrected chi connectivity index (χ4v) is 2.42. The molecule has 0 heterocycles. The van der Waals surface area contributed by atoms with E-state index in [-0.39, 0.29) is 11.3 Å². The normalized spacial score (nSPS) is 14.3. The van der Waals surface area contributed by atoms with Crippen LogP contribution in [0.15, 0.2) is 0 Å². The van der Waals surface area contributed by atoms with Gasteiger partial charge in [-0.1, -0.05) is 41.5 Å². The van der Waals surface area contributed by atoms with Crippen molar-refractivity contribution in [3.05, 3.63) is 0 Å². The molecule has 0 bridgehead atoms. The Kier molecular flexibility index (Phi) is 6.58. The molecule has 0 amide bonds. The molecule has 0 radical (unpaired) electrons. The molecule has 0 aromatic heterocycles. The molecule has 1 unspecified atom stereocenters. The molecule has 0 saturated carbocycles. The van der Waals surface area contributed by atoms with E-state index in [1.807, 2.05) is 11.8 Å². The van der Waals surface area contributed by atoms with Crippen LogP contribution in [0.5, 0.6) is 0 Å². The molecule has 0 aliphatic rings. The van der Waals surface area contributed by atoms with Crippen molar-refractivity contribution in [3.63, 3.8) is 0 Å². The molecule has 90 valence electrons. The summed E-state index contributed by atoms with van der Waals surface area (Å²) in [6, 6.07) is 0. The number of thioether (sulfide) groups is 1. The maximum atomic E-state index is 11.8. The molecule has 0 N–H and O–H groups in total. The second-order valence-electron chi connectivity index (χ2n) is 6.04. The highest BCUT2D eigenvalue weighted by Crippen LogP contribution is 2.23. The van der Waals surface area contributed by atoms with Crippen molar-refractivity contribution < 1.29 is 4.79 Å². The number of hydrogen-bond acceptors (Lipinski definition) is 2. The van der Waals surface area contributed by atoms with Crippen LogP contribution in [0.3, 0.4) is 0 Å². The van der Waals surface area contributed by atoms with Gasteiger partial charge in [0.1, 0.15) is 5.78 Å². The monoisotopic (exact) mass is 230 g/mol. The molecule has 0 fully saturated rings. The molecule has 0 spiro atoms. The molecule has 0 aromatic carbocycles. The van der Waals surface area contributed by atoms with Crippen molar-refractivity contribution in [2.75, 3.05) is 11.5 Å². The average Bonchev–Trinajstić information content (AvgIpc) is 1.99. The smallest absolute Gasteiger partial charge is 0.137 e. The highest BCUT2D eigenvalue weighted by molar-refractivity contribution is 7.99. The predicted octanol–water partition coefficient (Wildman–Crippen LogP) is 4.02. The van der Waals surface area contributed by atoms with Gasteiger partial charge in [-0.25, -0.2) is 0 Å². The fraction of sp³-hybridized carbons (Fsp3) is 0.923. The number of ketones is 1. The van der Waals surface area contributed by atoms with Crippen LogP contribution in [-0.4, -0.2) is 17.3 Å². The molecule has 0 aliphatic carbocycles. The Hall–Kier alpha value is 0.0200. The molecule has 0 saturated heterocycles. The molecule has 0 aliphatic heterocycles. The lowest BCUT2D eigenvalue weighted by molar-refractivity contribution is -0.123. The lowest BCUT2D eigenvalue weighted by atomic mass is 9.87. The van der Waals surface area contributed by atoms with Gasteiger partial charge in [0.15, 0.2) is 0 Å². The van der Waals surface area contributed by atoms with Crippen molar-refractivity contribution >= 4 is 17.5 Å². The Morgan fingerprint density at radius 1 is 1.13 bits per heavy atom. The minimum Gasteiger partial charge on any atom is -0.299 e. The number of hydrogen-bond donors (Lipinski definition) is 0. The van der Waals surface area contributed by atoms with E-state index in [4.69, 9.17) is 0 Å². The van der Waals surface area contributed by atoms with E-state index in [0.29, 0.717) is 12.2 Å². The molecule has 15 heavy (non-hydrogen) atoms. The molecule has 0 rings (SSSR count). The maximum absolute atomic E-state index is 11.8. The molecule has 1 atom stereocenters. The molecule has 1 nitrogen and oxygen atoms in total. The minimum absolute atomic E-state index is 0.133. The summed E-state index contributed by atoms with van der Waals surface area (Å²) in [4.78, 5) is 11.8. The highest BCUT2D eigenvalue weighted by Gasteiger charge is 2.20. The van der Waals surface area contributed by atoms with Gasteiger partial charge in [-0.05, 0) is 17.1 Å². The summed E-state index contributed by atoms with van der Waals surface area (Å²) in [5, 5.41) is 0. The summed E-state index contributed by atoms with van der Waals surface area (Å²) in [5.74, 6) is 3.49. The van der Waals surface area contributed by atoms with Crippen LogP contribution in [0.4, 0.5) is 0 Å². The van der Waals surface area contributed by atoms with Crippen molar-refractivity contribution in [1.29, 1.82) is 0 Å². The summed E-state index contributed by atoms with van der Waals surface area (Å²) in [6.45, 7) is 12.9. The van der Waals surface area contributed by atoms with Gasteiger partial charge in [0.05, 0.1) is 0 Å². The van der Waals surface area contributed by atoms with Gasteiger partial charge in [-0.15, -0.1) is 0 Å². The van der Waals surface area contributed by atoms with Crippen LogP contribution in [0.1, 0.15) is 48.0 Å². The van der Waals surface area contributed by atoms with Gasteiger partial charge >= 0.3 is 0 Å². The molecular formula is C13H26OS. The van der Waals surface area contributed by atoms with E-state index in [0.717, 1.165) is 17.4 Å². The first kappa shape index (κ1) is 15.0. The van der Waals surface area contributed by atoms with E-state index in [9.17, 15) is 4.79 Å². The third-order valence-electron chi connectivity index (χ3n) is 2.07. The number of Topliss-reactive ketones (excluding diaryl/α,β-unsaturated/α-hetero) is 1. The Morgan fingerprint density at radius 3 is 2.07 bits per heavy atom. The van der Waals surface area contributed by atoms with Gasteiger partial charge in [-0.3, -0.25) is 4.79 Å². The van der Waals surface area contributed by atoms with Crippen LogP contribution < -0.4 is 0 Å². The molecular weight excluding hydrogens is 204 g/mol. The zero-order chi connectivity index (χ0) is 12.1. The lowest BCUT2D eigenvalue weighted by Crippen LogP contribution is -2.20. The predicted molar refractivity (Wildman–Crippen MR) is 70.4 cm³/mol. The third kappa shape index (κ3) is 8.98. The standard InChI is InChI=1S/C13H26OS/c1-10(2)8-15-9-11(3)12(14)7-13(4,5)6/h10-11H,7-9H2,1-6H3. The van der Waals surface area contributed by atoms with Crippen LogP contribution in [0.2, 0.25) is 0 Å². The fourth-order valence-electron chi connectivity index (χ4n) is 1.27. The number of rotatable bonds is 6. The van der Waals surface area contributed by atoms with Crippen molar-refractivity contribution in [2.24, 2.45) is 17.3 Å². The van der Waals surface area contributed by atoms with E-state index in [1.54, 1.807) is 0 Å². The van der Waals surface area contributed by atoms with Gasteiger partial charge in [0.25, 0.3) is 0 Å².